The minimum absolute atomic E-state index is 0.341. The number of thioether (sulfide) groups is 1. The molecule has 29 heavy (non-hydrogen) atoms. The van der Waals surface area contributed by atoms with E-state index in [1.54, 1.807) is 54.1 Å². The third-order valence-electron chi connectivity index (χ3n) is 4.56. The fourth-order valence-corrected chi connectivity index (χ4v) is 3.70. The Morgan fingerprint density at radius 3 is 2.66 bits per heavy atom. The topological polar surface area (TPSA) is 71.8 Å². The Bertz CT molecular complexity index is 1110. The van der Waals surface area contributed by atoms with E-state index < -0.39 is 11.9 Å². The number of amides is 1. The Labute approximate surface area is 176 Å². The number of carbonyl (C=O) groups excluding carboxylic acids is 1. The van der Waals surface area contributed by atoms with E-state index in [-0.39, 0.29) is 5.91 Å². The lowest BCUT2D eigenvalue weighted by atomic mass is 9.94. The molecule has 0 spiro atoms. The molecule has 2 N–H and O–H groups in total. The molecular formula is C20H17ClFN5OS. The van der Waals surface area contributed by atoms with Crippen molar-refractivity contribution in [2.24, 2.45) is 0 Å². The highest BCUT2D eigenvalue weighted by Gasteiger charge is 2.35. The van der Waals surface area contributed by atoms with Gasteiger partial charge in [-0.25, -0.2) is 9.07 Å². The molecule has 1 aliphatic rings. The minimum atomic E-state index is -0.756. The molecule has 0 aliphatic carbocycles. The predicted molar refractivity (Wildman–Crippen MR) is 113 cm³/mol. The van der Waals surface area contributed by atoms with Gasteiger partial charge in [-0.2, -0.15) is 4.98 Å². The van der Waals surface area contributed by atoms with Crippen LogP contribution in [0.15, 0.2) is 65.0 Å². The lowest BCUT2D eigenvalue weighted by Gasteiger charge is -2.28. The number of aromatic nitrogens is 3. The molecule has 0 bridgehead atoms. The van der Waals surface area contributed by atoms with E-state index in [0.29, 0.717) is 38.6 Å². The zero-order valence-corrected chi connectivity index (χ0v) is 17.2. The normalized spacial score (nSPS) is 15.7. The van der Waals surface area contributed by atoms with Crippen molar-refractivity contribution < 1.29 is 9.18 Å². The van der Waals surface area contributed by atoms with Crippen molar-refractivity contribution in [3.8, 4) is 0 Å². The number of rotatable bonds is 4. The Morgan fingerprint density at radius 2 is 1.97 bits per heavy atom. The van der Waals surface area contributed by atoms with Crippen molar-refractivity contribution in [2.75, 3.05) is 16.9 Å². The first-order valence-electron chi connectivity index (χ1n) is 8.77. The molecule has 1 amide bonds. The first-order valence-corrected chi connectivity index (χ1v) is 10.4. The van der Waals surface area contributed by atoms with Gasteiger partial charge in [-0.3, -0.25) is 4.79 Å². The van der Waals surface area contributed by atoms with Crippen molar-refractivity contribution in [2.45, 2.75) is 18.1 Å². The van der Waals surface area contributed by atoms with Gasteiger partial charge in [0.1, 0.15) is 11.9 Å². The lowest BCUT2D eigenvalue weighted by molar-refractivity contribution is -0.113. The number of hydrogen-bond donors (Lipinski definition) is 2. The van der Waals surface area contributed by atoms with Crippen LogP contribution in [-0.2, 0) is 4.79 Å². The number of benzene rings is 2. The highest BCUT2D eigenvalue weighted by Crippen LogP contribution is 2.37. The summed E-state index contributed by atoms with van der Waals surface area (Å²) in [5.41, 5.74) is 1.86. The summed E-state index contributed by atoms with van der Waals surface area (Å²) in [6, 6.07) is 12.4. The molecular weight excluding hydrogens is 413 g/mol. The van der Waals surface area contributed by atoms with Crippen LogP contribution in [-0.4, -0.2) is 26.9 Å². The number of carbonyl (C=O) groups is 1. The first-order chi connectivity index (χ1) is 14.0. The Morgan fingerprint density at radius 1 is 1.24 bits per heavy atom. The largest absolute Gasteiger partial charge is 0.328 e. The second-order valence-corrected chi connectivity index (χ2v) is 7.63. The highest BCUT2D eigenvalue weighted by molar-refractivity contribution is 7.98. The molecule has 2 heterocycles. The third kappa shape index (κ3) is 3.73. The molecule has 4 rings (SSSR count). The Hall–Kier alpha value is -2.84. The van der Waals surface area contributed by atoms with Gasteiger partial charge in [-0.15, -0.1) is 5.10 Å². The van der Waals surface area contributed by atoms with Crippen LogP contribution < -0.4 is 10.6 Å². The maximum atomic E-state index is 14.7. The van der Waals surface area contributed by atoms with Gasteiger partial charge >= 0.3 is 0 Å². The zero-order valence-electron chi connectivity index (χ0n) is 15.6. The molecule has 9 heteroatoms. The van der Waals surface area contributed by atoms with Crippen LogP contribution in [0.5, 0.6) is 0 Å². The smallest absolute Gasteiger partial charge is 0.255 e. The van der Waals surface area contributed by atoms with Crippen molar-refractivity contribution in [1.29, 1.82) is 0 Å². The average molecular weight is 430 g/mol. The number of halogens is 2. The van der Waals surface area contributed by atoms with E-state index in [1.807, 2.05) is 6.26 Å². The maximum absolute atomic E-state index is 14.7. The highest BCUT2D eigenvalue weighted by atomic mass is 35.5. The quantitative estimate of drug-likeness (QED) is 0.587. The van der Waals surface area contributed by atoms with Crippen molar-refractivity contribution in [3.05, 3.63) is 76.2 Å². The zero-order chi connectivity index (χ0) is 20.5. The molecule has 6 nitrogen and oxygen atoms in total. The number of fused-ring (bicyclic) bond motifs is 1. The van der Waals surface area contributed by atoms with Crippen molar-refractivity contribution >= 4 is 40.9 Å². The van der Waals surface area contributed by atoms with Crippen LogP contribution in [0.1, 0.15) is 18.5 Å². The fraction of sp³-hybridized carbons (Fsp3) is 0.150. The molecule has 1 atom stereocenters. The summed E-state index contributed by atoms with van der Waals surface area (Å²) in [7, 11) is 0. The molecule has 2 aromatic carbocycles. The van der Waals surface area contributed by atoms with Crippen LogP contribution in [0.25, 0.3) is 0 Å². The number of anilines is 2. The van der Waals surface area contributed by atoms with E-state index in [4.69, 9.17) is 11.6 Å². The summed E-state index contributed by atoms with van der Waals surface area (Å²) in [6.07, 6.45) is 1.86. The van der Waals surface area contributed by atoms with Gasteiger partial charge in [0.15, 0.2) is 0 Å². The molecule has 3 aromatic rings. The van der Waals surface area contributed by atoms with Gasteiger partial charge in [0.05, 0.1) is 5.57 Å². The van der Waals surface area contributed by atoms with Crippen LogP contribution in [0.2, 0.25) is 5.02 Å². The average Bonchev–Trinajstić information content (AvgIpc) is 3.12. The van der Waals surface area contributed by atoms with Crippen LogP contribution >= 0.6 is 23.4 Å². The molecule has 0 saturated carbocycles. The number of hydrogen-bond acceptors (Lipinski definition) is 5. The predicted octanol–water partition coefficient (Wildman–Crippen LogP) is 4.72. The lowest BCUT2D eigenvalue weighted by Crippen LogP contribution is -2.32. The van der Waals surface area contributed by atoms with Gasteiger partial charge < -0.3 is 10.6 Å². The van der Waals surface area contributed by atoms with Crippen LogP contribution in [0.3, 0.4) is 0 Å². The monoisotopic (exact) mass is 429 g/mol. The minimum Gasteiger partial charge on any atom is -0.328 e. The maximum Gasteiger partial charge on any atom is 0.255 e. The van der Waals surface area contributed by atoms with E-state index in [0.717, 1.165) is 0 Å². The van der Waals surface area contributed by atoms with Gasteiger partial charge in [0, 0.05) is 22.0 Å². The summed E-state index contributed by atoms with van der Waals surface area (Å²) in [5.74, 6) is -0.322. The second kappa shape index (κ2) is 7.88. The van der Waals surface area contributed by atoms with Gasteiger partial charge in [0.2, 0.25) is 11.1 Å². The van der Waals surface area contributed by atoms with Gasteiger partial charge in [-0.1, -0.05) is 41.6 Å². The molecule has 1 aromatic heterocycles. The van der Waals surface area contributed by atoms with E-state index >= 15 is 0 Å². The van der Waals surface area contributed by atoms with Crippen molar-refractivity contribution in [3.63, 3.8) is 0 Å². The van der Waals surface area contributed by atoms with Crippen LogP contribution in [0, 0.1) is 5.82 Å². The Kier molecular flexibility index (Phi) is 5.29. The summed E-state index contributed by atoms with van der Waals surface area (Å²) in [5, 5.41) is 11.5. The van der Waals surface area contributed by atoms with Crippen molar-refractivity contribution in [1.82, 2.24) is 14.8 Å². The molecule has 1 aliphatic heterocycles. The fourth-order valence-electron chi connectivity index (χ4n) is 3.23. The summed E-state index contributed by atoms with van der Waals surface area (Å²) < 4.78 is 16.3. The molecule has 148 valence electrons. The molecule has 0 fully saturated rings. The standard InChI is InChI=1S/C20H17ClFN5OS/c1-11-16(18(28)24-13-9-7-12(21)8-10-13)17(14-5-3-4-6-15(14)22)27-19(23-11)25-20(26-27)29-2/h3-10,17H,1-2H3,(H,24,28)(H,23,25,26). The Balaban J connectivity index is 1.80. The summed E-state index contributed by atoms with van der Waals surface area (Å²) >= 11 is 7.29. The summed E-state index contributed by atoms with van der Waals surface area (Å²) in [6.45, 7) is 1.77. The number of allylic oxidation sites excluding steroid dienone is 1. The SMILES string of the molecule is CSc1nc2n(n1)C(c1ccccc1F)C(C(=O)Nc1ccc(Cl)cc1)=C(C)N2. The van der Waals surface area contributed by atoms with Crippen LogP contribution in [0.4, 0.5) is 16.0 Å². The second-order valence-electron chi connectivity index (χ2n) is 6.42. The molecule has 0 saturated heterocycles. The van der Waals surface area contributed by atoms with Gasteiger partial charge in [-0.05, 0) is 43.5 Å². The van der Waals surface area contributed by atoms with Gasteiger partial charge in [0.25, 0.3) is 5.91 Å². The summed E-state index contributed by atoms with van der Waals surface area (Å²) in [4.78, 5) is 17.6. The molecule has 1 unspecified atom stereocenters. The number of nitrogens with zero attached hydrogens (tertiary/aromatic N) is 3. The first kappa shape index (κ1) is 19.5. The van der Waals surface area contributed by atoms with E-state index in [9.17, 15) is 9.18 Å². The third-order valence-corrected chi connectivity index (χ3v) is 5.35. The van der Waals surface area contributed by atoms with E-state index in [1.165, 1.54) is 17.8 Å². The van der Waals surface area contributed by atoms with E-state index in [2.05, 4.69) is 20.7 Å². The molecule has 0 radical (unpaired) electrons. The number of nitrogens with one attached hydrogen (secondary N) is 2.